The fourth-order valence-electron chi connectivity index (χ4n) is 2.17. The highest BCUT2D eigenvalue weighted by Gasteiger charge is 2.20. The van der Waals surface area contributed by atoms with Gasteiger partial charge in [-0.1, -0.05) is 52.6 Å². The Morgan fingerprint density at radius 2 is 1.88 bits per heavy atom. The second-order valence-corrected chi connectivity index (χ2v) is 6.64. The van der Waals surface area contributed by atoms with Gasteiger partial charge in [-0.2, -0.15) is 8.78 Å². The van der Waals surface area contributed by atoms with E-state index in [1.165, 1.54) is 12.1 Å². The maximum atomic E-state index is 13.3. The van der Waals surface area contributed by atoms with Crippen molar-refractivity contribution < 1.29 is 13.5 Å². The average molecular weight is 410 g/mol. The Morgan fingerprint density at radius 3 is 2.54 bits per heavy atom. The Labute approximate surface area is 155 Å². The van der Waals surface area contributed by atoms with E-state index in [4.69, 9.17) is 39.5 Å². The minimum Gasteiger partial charge on any atom is -0.454 e. The Kier molecular flexibility index (Phi) is 5.11. The van der Waals surface area contributed by atoms with Crippen LogP contribution in [0.3, 0.4) is 0 Å². The summed E-state index contributed by atoms with van der Waals surface area (Å²) in [6.07, 6.45) is 1.67. The maximum absolute atomic E-state index is 13.3. The van der Waals surface area contributed by atoms with Crippen molar-refractivity contribution in [1.29, 1.82) is 0 Å². The van der Waals surface area contributed by atoms with Crippen LogP contribution in [0.4, 0.5) is 8.78 Å². The molecule has 0 unspecified atom stereocenters. The molecule has 24 heavy (non-hydrogen) atoms. The third kappa shape index (κ3) is 3.16. The molecular weight excluding hydrogens is 401 g/mol. The molecule has 0 spiro atoms. The third-order valence-electron chi connectivity index (χ3n) is 3.22. The van der Waals surface area contributed by atoms with Crippen LogP contribution in [0.25, 0.3) is 11.0 Å². The Hall–Kier alpha value is -1.21. The molecule has 0 amide bonds. The van der Waals surface area contributed by atoms with E-state index < -0.39 is 6.55 Å². The van der Waals surface area contributed by atoms with E-state index in [0.29, 0.717) is 16.3 Å². The molecule has 0 aliphatic heterocycles. The number of aromatic nitrogens is 2. The summed E-state index contributed by atoms with van der Waals surface area (Å²) in [7, 11) is 0. The topological polar surface area (TPSA) is 27.1 Å². The first-order chi connectivity index (χ1) is 11.4. The standard InChI is InChI=1S/C15H9Cl3F2N2OS/c1-24-15-21-9-6-12(8(17)5-10(9)22(15)14(19)20)23-11-4-2-3-7(16)13(11)18/h2-6,14H,1H3. The Balaban J connectivity index is 2.10. The van der Waals surface area contributed by atoms with Crippen LogP contribution in [0.15, 0.2) is 35.5 Å². The summed E-state index contributed by atoms with van der Waals surface area (Å²) in [6, 6.07) is 7.81. The minimum absolute atomic E-state index is 0.160. The summed E-state index contributed by atoms with van der Waals surface area (Å²) in [4.78, 5) is 4.18. The second kappa shape index (κ2) is 6.96. The van der Waals surface area contributed by atoms with E-state index in [0.717, 1.165) is 16.3 Å². The molecule has 0 atom stereocenters. The van der Waals surface area contributed by atoms with E-state index >= 15 is 0 Å². The molecule has 0 N–H and O–H groups in total. The third-order valence-corrected chi connectivity index (χ3v) is 4.97. The lowest BCUT2D eigenvalue weighted by atomic mass is 10.3. The molecule has 0 saturated carbocycles. The van der Waals surface area contributed by atoms with Gasteiger partial charge in [0.2, 0.25) is 0 Å². The largest absolute Gasteiger partial charge is 0.454 e. The number of fused-ring (bicyclic) bond motifs is 1. The van der Waals surface area contributed by atoms with Gasteiger partial charge in [-0.25, -0.2) is 4.98 Å². The first-order valence-electron chi connectivity index (χ1n) is 6.58. The van der Waals surface area contributed by atoms with E-state index in [1.807, 2.05) is 0 Å². The highest BCUT2D eigenvalue weighted by atomic mass is 35.5. The molecule has 3 rings (SSSR count). The fraction of sp³-hybridized carbons (Fsp3) is 0.133. The number of hydrogen-bond donors (Lipinski definition) is 0. The van der Waals surface area contributed by atoms with Gasteiger partial charge in [-0.15, -0.1) is 0 Å². The number of alkyl halides is 2. The van der Waals surface area contributed by atoms with Crippen molar-refractivity contribution in [3.8, 4) is 11.5 Å². The zero-order valence-corrected chi connectivity index (χ0v) is 15.1. The molecule has 0 fully saturated rings. The summed E-state index contributed by atoms with van der Waals surface area (Å²) >= 11 is 19.3. The van der Waals surface area contributed by atoms with E-state index in [1.54, 1.807) is 24.5 Å². The van der Waals surface area contributed by atoms with Crippen LogP contribution in [0.5, 0.6) is 11.5 Å². The first kappa shape index (κ1) is 17.6. The second-order valence-electron chi connectivity index (χ2n) is 4.67. The van der Waals surface area contributed by atoms with Crippen molar-refractivity contribution in [2.45, 2.75) is 11.7 Å². The number of rotatable bonds is 4. The lowest BCUT2D eigenvalue weighted by molar-refractivity contribution is 0.0656. The molecule has 0 bridgehead atoms. The fourth-order valence-corrected chi connectivity index (χ4v) is 3.26. The van der Waals surface area contributed by atoms with Crippen LogP contribution < -0.4 is 4.74 Å². The number of ether oxygens (including phenoxy) is 1. The van der Waals surface area contributed by atoms with Crippen molar-refractivity contribution in [2.24, 2.45) is 0 Å². The Morgan fingerprint density at radius 1 is 1.12 bits per heavy atom. The predicted octanol–water partition coefficient (Wildman–Crippen LogP) is 6.91. The molecule has 0 radical (unpaired) electrons. The van der Waals surface area contributed by atoms with Crippen LogP contribution >= 0.6 is 46.6 Å². The number of imidazole rings is 1. The zero-order chi connectivity index (χ0) is 17.4. The van der Waals surface area contributed by atoms with Crippen molar-refractivity contribution in [3.05, 3.63) is 45.4 Å². The highest BCUT2D eigenvalue weighted by molar-refractivity contribution is 7.98. The van der Waals surface area contributed by atoms with Gasteiger partial charge in [0.1, 0.15) is 16.5 Å². The number of halogens is 5. The number of benzene rings is 2. The van der Waals surface area contributed by atoms with Crippen LogP contribution in [0.2, 0.25) is 15.1 Å². The molecule has 0 aliphatic carbocycles. The molecular formula is C15H9Cl3F2N2OS. The quantitative estimate of drug-likeness (QED) is 0.438. The van der Waals surface area contributed by atoms with Gasteiger partial charge >= 0.3 is 6.55 Å². The van der Waals surface area contributed by atoms with Crippen molar-refractivity contribution in [2.75, 3.05) is 6.26 Å². The number of nitrogens with zero attached hydrogens (tertiary/aromatic N) is 2. The van der Waals surface area contributed by atoms with Crippen molar-refractivity contribution in [3.63, 3.8) is 0 Å². The molecule has 0 aliphatic rings. The summed E-state index contributed by atoms with van der Waals surface area (Å²) in [6.45, 7) is -2.72. The monoisotopic (exact) mass is 408 g/mol. The van der Waals surface area contributed by atoms with Crippen LogP contribution in [-0.4, -0.2) is 15.8 Å². The van der Waals surface area contributed by atoms with Gasteiger partial charge in [-0.3, -0.25) is 4.57 Å². The van der Waals surface area contributed by atoms with E-state index in [9.17, 15) is 8.78 Å². The lowest BCUT2D eigenvalue weighted by Crippen LogP contribution is -1.99. The average Bonchev–Trinajstić information content (AvgIpc) is 2.89. The zero-order valence-electron chi connectivity index (χ0n) is 12.1. The molecule has 2 aromatic carbocycles. The molecule has 0 saturated heterocycles. The number of thioether (sulfide) groups is 1. The Bertz CT molecular complexity index is 917. The maximum Gasteiger partial charge on any atom is 0.321 e. The molecule has 3 aromatic rings. The summed E-state index contributed by atoms with van der Waals surface area (Å²) in [5, 5.41) is 0.915. The highest BCUT2D eigenvalue weighted by Crippen LogP contribution is 2.39. The van der Waals surface area contributed by atoms with Gasteiger partial charge in [0.05, 0.1) is 21.1 Å². The number of hydrogen-bond acceptors (Lipinski definition) is 3. The van der Waals surface area contributed by atoms with Gasteiger partial charge in [0, 0.05) is 6.07 Å². The molecule has 126 valence electrons. The van der Waals surface area contributed by atoms with E-state index in [-0.39, 0.29) is 26.5 Å². The molecule has 9 heteroatoms. The van der Waals surface area contributed by atoms with E-state index in [2.05, 4.69) is 4.98 Å². The lowest BCUT2D eigenvalue weighted by Gasteiger charge is -2.10. The molecule has 1 heterocycles. The van der Waals surface area contributed by atoms with Crippen molar-refractivity contribution >= 4 is 57.6 Å². The summed E-state index contributed by atoms with van der Waals surface area (Å²) in [5.74, 6) is 0.559. The van der Waals surface area contributed by atoms with Crippen LogP contribution in [0, 0.1) is 0 Å². The first-order valence-corrected chi connectivity index (χ1v) is 8.93. The van der Waals surface area contributed by atoms with Gasteiger partial charge in [-0.05, 0) is 24.5 Å². The van der Waals surface area contributed by atoms with Gasteiger partial charge in [0.25, 0.3) is 0 Å². The van der Waals surface area contributed by atoms with Gasteiger partial charge < -0.3 is 4.74 Å². The molecule has 3 nitrogen and oxygen atoms in total. The minimum atomic E-state index is -2.72. The van der Waals surface area contributed by atoms with Crippen LogP contribution in [-0.2, 0) is 0 Å². The normalized spacial score (nSPS) is 11.5. The SMILES string of the molecule is CSc1nc2cc(Oc3cccc(Cl)c3Cl)c(Cl)cc2n1C(F)F. The predicted molar refractivity (Wildman–Crippen MR) is 94.3 cm³/mol. The molecule has 1 aromatic heterocycles. The van der Waals surface area contributed by atoms with Crippen LogP contribution in [0.1, 0.15) is 6.55 Å². The van der Waals surface area contributed by atoms with Gasteiger partial charge in [0.15, 0.2) is 5.16 Å². The summed E-state index contributed by atoms with van der Waals surface area (Å²) < 4.78 is 33.0. The van der Waals surface area contributed by atoms with Crippen molar-refractivity contribution in [1.82, 2.24) is 9.55 Å². The summed E-state index contributed by atoms with van der Waals surface area (Å²) in [5.41, 5.74) is 0.570. The smallest absolute Gasteiger partial charge is 0.321 e.